The molecule has 0 fully saturated rings. The van der Waals surface area contributed by atoms with Gasteiger partial charge in [-0.25, -0.2) is 0 Å². The maximum Gasteiger partial charge on any atom is 0.0729 e. The number of hydrogen-bond donors (Lipinski definition) is 2. The molecule has 0 unspecified atom stereocenters. The SMILES string of the molecule is Nc1ccnc2cc(-c3cc(N)c4cc(Cc5ccc6cnccc6c5)cnc4c3)ccc12. The van der Waals surface area contributed by atoms with E-state index < -0.39 is 0 Å². The molecule has 5 nitrogen and oxygen atoms in total. The Morgan fingerprint density at radius 1 is 0.576 bits per heavy atom. The molecule has 6 aromatic rings. The third-order valence-corrected chi connectivity index (χ3v) is 6.11. The van der Waals surface area contributed by atoms with Crippen molar-refractivity contribution in [1.82, 2.24) is 15.0 Å². The highest BCUT2D eigenvalue weighted by Gasteiger charge is 2.09. The lowest BCUT2D eigenvalue weighted by Crippen LogP contribution is -1.95. The fourth-order valence-corrected chi connectivity index (χ4v) is 4.39. The van der Waals surface area contributed by atoms with E-state index in [1.54, 1.807) is 6.20 Å². The smallest absolute Gasteiger partial charge is 0.0729 e. The Balaban J connectivity index is 1.36. The van der Waals surface area contributed by atoms with Gasteiger partial charge in [0.05, 0.1) is 11.0 Å². The van der Waals surface area contributed by atoms with Crippen LogP contribution in [0.4, 0.5) is 11.4 Å². The zero-order chi connectivity index (χ0) is 22.4. The number of anilines is 2. The number of aromatic nitrogens is 3. The molecule has 0 bridgehead atoms. The molecule has 4 N–H and O–H groups in total. The van der Waals surface area contributed by atoms with Gasteiger partial charge in [-0.05, 0) is 70.5 Å². The minimum Gasteiger partial charge on any atom is -0.398 e. The van der Waals surface area contributed by atoms with Crippen LogP contribution in [0.2, 0.25) is 0 Å². The van der Waals surface area contributed by atoms with Crippen LogP contribution < -0.4 is 11.5 Å². The largest absolute Gasteiger partial charge is 0.398 e. The summed E-state index contributed by atoms with van der Waals surface area (Å²) in [6.07, 6.45) is 8.16. The van der Waals surface area contributed by atoms with Gasteiger partial charge in [-0.2, -0.15) is 0 Å². The van der Waals surface area contributed by atoms with E-state index in [0.717, 1.165) is 56.0 Å². The van der Waals surface area contributed by atoms with Gasteiger partial charge >= 0.3 is 0 Å². The number of nitrogen functional groups attached to an aromatic ring is 2. The van der Waals surface area contributed by atoms with Crippen LogP contribution in [0.15, 0.2) is 91.5 Å². The molecule has 0 aliphatic heterocycles. The monoisotopic (exact) mass is 427 g/mol. The number of nitrogens with two attached hydrogens (primary N) is 2. The van der Waals surface area contributed by atoms with Crippen molar-refractivity contribution in [1.29, 1.82) is 0 Å². The van der Waals surface area contributed by atoms with E-state index in [1.165, 1.54) is 10.9 Å². The van der Waals surface area contributed by atoms with E-state index >= 15 is 0 Å². The Kier molecular flexibility index (Phi) is 4.40. The molecule has 3 aromatic heterocycles. The lowest BCUT2D eigenvalue weighted by Gasteiger charge is -2.10. The number of benzene rings is 3. The Bertz CT molecular complexity index is 1670. The van der Waals surface area contributed by atoms with Gasteiger partial charge in [0, 0.05) is 52.3 Å². The highest BCUT2D eigenvalue weighted by atomic mass is 14.7. The van der Waals surface area contributed by atoms with E-state index in [-0.39, 0.29) is 0 Å². The van der Waals surface area contributed by atoms with Crippen molar-refractivity contribution in [2.75, 3.05) is 11.5 Å². The summed E-state index contributed by atoms with van der Waals surface area (Å²) in [6.45, 7) is 0. The van der Waals surface area contributed by atoms with Gasteiger partial charge < -0.3 is 11.5 Å². The molecule has 0 aliphatic carbocycles. The minimum atomic E-state index is 0.710. The summed E-state index contributed by atoms with van der Waals surface area (Å²) in [7, 11) is 0. The zero-order valence-corrected chi connectivity index (χ0v) is 17.9. The van der Waals surface area contributed by atoms with Crippen molar-refractivity contribution >= 4 is 44.0 Å². The fraction of sp³-hybridized carbons (Fsp3) is 0.0357. The highest BCUT2D eigenvalue weighted by Crippen LogP contribution is 2.31. The molecule has 0 saturated carbocycles. The van der Waals surface area contributed by atoms with Gasteiger partial charge in [-0.15, -0.1) is 0 Å². The standard InChI is InChI=1S/C28H21N5/c29-25-6-8-32-27-13-19(3-4-23(25)27)22-12-26(30)24-11-18(15-33-28(24)14-22)9-17-1-2-21-16-31-7-5-20(21)10-17/h1-8,10-16H,9,30H2,(H2,29,32). The molecule has 0 aliphatic rings. The zero-order valence-electron chi connectivity index (χ0n) is 17.9. The first-order valence-electron chi connectivity index (χ1n) is 10.8. The van der Waals surface area contributed by atoms with Gasteiger partial charge in [-0.3, -0.25) is 15.0 Å². The van der Waals surface area contributed by atoms with Crippen LogP contribution in [0, 0.1) is 0 Å². The molecule has 0 spiro atoms. The van der Waals surface area contributed by atoms with Crippen LogP contribution in [0.1, 0.15) is 11.1 Å². The van der Waals surface area contributed by atoms with Gasteiger partial charge in [0.25, 0.3) is 0 Å². The topological polar surface area (TPSA) is 90.7 Å². The first-order valence-corrected chi connectivity index (χ1v) is 10.8. The minimum absolute atomic E-state index is 0.710. The second-order valence-corrected chi connectivity index (χ2v) is 8.34. The van der Waals surface area contributed by atoms with Crippen LogP contribution in [-0.4, -0.2) is 15.0 Å². The van der Waals surface area contributed by atoms with Gasteiger partial charge in [0.1, 0.15) is 0 Å². The summed E-state index contributed by atoms with van der Waals surface area (Å²) in [5, 5.41) is 4.24. The number of pyridine rings is 3. The van der Waals surface area contributed by atoms with Crippen LogP contribution in [0.3, 0.4) is 0 Å². The molecule has 3 heterocycles. The molecule has 158 valence electrons. The molecule has 6 rings (SSSR count). The number of fused-ring (bicyclic) bond motifs is 3. The van der Waals surface area contributed by atoms with E-state index in [4.69, 9.17) is 16.5 Å². The summed E-state index contributed by atoms with van der Waals surface area (Å²) in [5.74, 6) is 0. The quantitative estimate of drug-likeness (QED) is 0.351. The van der Waals surface area contributed by atoms with Crippen molar-refractivity contribution in [3.8, 4) is 11.1 Å². The average Bonchev–Trinajstić information content (AvgIpc) is 2.84. The molecule has 0 saturated heterocycles. The third kappa shape index (κ3) is 3.49. The normalized spacial score (nSPS) is 11.4. The Morgan fingerprint density at radius 2 is 1.45 bits per heavy atom. The Labute approximate surface area is 190 Å². The molecule has 5 heteroatoms. The van der Waals surface area contributed by atoms with Gasteiger partial charge in [-0.1, -0.05) is 30.3 Å². The third-order valence-electron chi connectivity index (χ3n) is 6.11. The van der Waals surface area contributed by atoms with E-state index in [1.807, 2.05) is 55.0 Å². The van der Waals surface area contributed by atoms with Crippen molar-refractivity contribution in [3.05, 3.63) is 103 Å². The predicted octanol–water partition coefficient (Wildman–Crippen LogP) is 5.75. The molecular weight excluding hydrogens is 406 g/mol. The van der Waals surface area contributed by atoms with Crippen LogP contribution in [-0.2, 0) is 6.42 Å². The summed E-state index contributed by atoms with van der Waals surface area (Å²) >= 11 is 0. The number of nitrogens with zero attached hydrogens (tertiary/aromatic N) is 3. The van der Waals surface area contributed by atoms with E-state index in [2.05, 4.69) is 40.3 Å². The molecule has 0 amide bonds. The summed E-state index contributed by atoms with van der Waals surface area (Å²) in [4.78, 5) is 13.4. The molecular formula is C28H21N5. The van der Waals surface area contributed by atoms with Crippen molar-refractivity contribution in [2.24, 2.45) is 0 Å². The molecule has 33 heavy (non-hydrogen) atoms. The van der Waals surface area contributed by atoms with E-state index in [9.17, 15) is 0 Å². The average molecular weight is 428 g/mol. The number of rotatable bonds is 3. The Hall–Kier alpha value is -4.51. The number of hydrogen-bond acceptors (Lipinski definition) is 5. The summed E-state index contributed by atoms with van der Waals surface area (Å²) < 4.78 is 0. The van der Waals surface area contributed by atoms with Crippen molar-refractivity contribution in [2.45, 2.75) is 6.42 Å². The fourth-order valence-electron chi connectivity index (χ4n) is 4.39. The second kappa shape index (κ2) is 7.57. The van der Waals surface area contributed by atoms with Crippen molar-refractivity contribution < 1.29 is 0 Å². The lowest BCUT2D eigenvalue weighted by atomic mass is 9.98. The second-order valence-electron chi connectivity index (χ2n) is 8.34. The highest BCUT2D eigenvalue weighted by molar-refractivity contribution is 5.97. The predicted molar refractivity (Wildman–Crippen MR) is 136 cm³/mol. The van der Waals surface area contributed by atoms with Crippen LogP contribution in [0.5, 0.6) is 0 Å². The molecule has 3 aromatic carbocycles. The summed E-state index contributed by atoms with van der Waals surface area (Å²) in [6, 6.07) is 22.6. The summed E-state index contributed by atoms with van der Waals surface area (Å²) in [5.41, 5.74) is 20.1. The van der Waals surface area contributed by atoms with Crippen LogP contribution in [0.25, 0.3) is 43.7 Å². The van der Waals surface area contributed by atoms with Gasteiger partial charge in [0.2, 0.25) is 0 Å². The first kappa shape index (κ1) is 19.2. The van der Waals surface area contributed by atoms with Crippen LogP contribution >= 0.6 is 0 Å². The molecule has 0 atom stereocenters. The van der Waals surface area contributed by atoms with Crippen molar-refractivity contribution in [3.63, 3.8) is 0 Å². The Morgan fingerprint density at radius 3 is 2.39 bits per heavy atom. The first-order chi connectivity index (χ1) is 16.1. The maximum atomic E-state index is 6.49. The van der Waals surface area contributed by atoms with E-state index in [0.29, 0.717) is 5.69 Å². The van der Waals surface area contributed by atoms with Gasteiger partial charge in [0.15, 0.2) is 0 Å². The maximum absolute atomic E-state index is 6.49. The molecule has 0 radical (unpaired) electrons. The lowest BCUT2D eigenvalue weighted by molar-refractivity contribution is 1.17.